The Morgan fingerprint density at radius 3 is 2.41 bits per heavy atom. The number of aliphatic imine (C=N–C) groups is 1. The van der Waals surface area contributed by atoms with E-state index < -0.39 is 0 Å². The van der Waals surface area contributed by atoms with Gasteiger partial charge in [-0.2, -0.15) is 0 Å². The van der Waals surface area contributed by atoms with E-state index in [-0.39, 0.29) is 12.2 Å². The van der Waals surface area contributed by atoms with Gasteiger partial charge in [0, 0.05) is 38.4 Å². The van der Waals surface area contributed by atoms with Gasteiger partial charge in [0.05, 0.1) is 46.1 Å². The second-order valence-electron chi connectivity index (χ2n) is 7.09. The van der Waals surface area contributed by atoms with E-state index in [2.05, 4.69) is 17.1 Å². The van der Waals surface area contributed by atoms with Gasteiger partial charge in [-0.1, -0.05) is 0 Å². The number of benzene rings is 1. The predicted octanol–water partition coefficient (Wildman–Crippen LogP) is 2.06. The van der Waals surface area contributed by atoms with Crippen molar-refractivity contribution < 1.29 is 23.7 Å². The summed E-state index contributed by atoms with van der Waals surface area (Å²) in [5, 5.41) is 3.40. The lowest BCUT2D eigenvalue weighted by Crippen LogP contribution is -2.53. The van der Waals surface area contributed by atoms with Crippen LogP contribution in [0.25, 0.3) is 0 Å². The average Bonchev–Trinajstić information content (AvgIpc) is 3.31. The standard InChI is InChI=1S/C21H33N3O5/c1-5-22-21(24-8-10-29-20(14-24)17-7-6-9-28-17)23-13-16-18(26-3)11-15(25-2)12-19(16)27-4/h11-12,17,20H,5-10,13-14H2,1-4H3,(H,22,23). The molecule has 0 radical (unpaired) electrons. The van der Waals surface area contributed by atoms with E-state index in [9.17, 15) is 0 Å². The quantitative estimate of drug-likeness (QED) is 0.548. The third-order valence-corrected chi connectivity index (χ3v) is 5.31. The molecule has 1 aromatic carbocycles. The van der Waals surface area contributed by atoms with Crippen molar-refractivity contribution in [3.63, 3.8) is 0 Å². The summed E-state index contributed by atoms with van der Waals surface area (Å²) in [4.78, 5) is 7.13. The lowest BCUT2D eigenvalue weighted by molar-refractivity contribution is -0.0817. The highest BCUT2D eigenvalue weighted by molar-refractivity contribution is 5.80. The highest BCUT2D eigenvalue weighted by Crippen LogP contribution is 2.34. The smallest absolute Gasteiger partial charge is 0.194 e. The zero-order chi connectivity index (χ0) is 20.6. The van der Waals surface area contributed by atoms with Gasteiger partial charge in [0.25, 0.3) is 0 Å². The molecule has 2 aliphatic heterocycles. The van der Waals surface area contributed by atoms with E-state index in [4.69, 9.17) is 28.7 Å². The van der Waals surface area contributed by atoms with Crippen molar-refractivity contribution in [3.8, 4) is 17.2 Å². The zero-order valence-corrected chi connectivity index (χ0v) is 17.9. The normalized spacial score (nSPS) is 22.5. The van der Waals surface area contributed by atoms with Crippen molar-refractivity contribution in [2.24, 2.45) is 4.99 Å². The fourth-order valence-corrected chi connectivity index (χ4v) is 3.80. The van der Waals surface area contributed by atoms with E-state index in [1.54, 1.807) is 21.3 Å². The number of methoxy groups -OCH3 is 3. The number of ether oxygens (including phenoxy) is 5. The van der Waals surface area contributed by atoms with Crippen LogP contribution in [0.15, 0.2) is 17.1 Å². The van der Waals surface area contributed by atoms with Gasteiger partial charge < -0.3 is 33.9 Å². The largest absolute Gasteiger partial charge is 0.496 e. The summed E-state index contributed by atoms with van der Waals surface area (Å²) in [7, 11) is 4.90. The van der Waals surface area contributed by atoms with E-state index in [0.29, 0.717) is 30.4 Å². The molecule has 2 aliphatic rings. The first-order chi connectivity index (χ1) is 14.2. The van der Waals surface area contributed by atoms with Crippen molar-refractivity contribution in [2.45, 2.75) is 38.5 Å². The molecule has 1 aromatic rings. The predicted molar refractivity (Wildman–Crippen MR) is 111 cm³/mol. The van der Waals surface area contributed by atoms with Crippen LogP contribution in [0.5, 0.6) is 17.2 Å². The minimum Gasteiger partial charge on any atom is -0.496 e. The molecule has 0 amide bonds. The third-order valence-electron chi connectivity index (χ3n) is 5.31. The number of morpholine rings is 1. The van der Waals surface area contributed by atoms with Gasteiger partial charge in [-0.25, -0.2) is 4.99 Å². The minimum absolute atomic E-state index is 0.0835. The molecule has 8 nitrogen and oxygen atoms in total. The van der Waals surface area contributed by atoms with Crippen LogP contribution in [0, 0.1) is 0 Å². The van der Waals surface area contributed by atoms with Crippen molar-refractivity contribution >= 4 is 5.96 Å². The van der Waals surface area contributed by atoms with Gasteiger partial charge in [0.1, 0.15) is 23.4 Å². The molecule has 0 spiro atoms. The maximum atomic E-state index is 5.98. The van der Waals surface area contributed by atoms with Crippen LogP contribution in [0.3, 0.4) is 0 Å². The van der Waals surface area contributed by atoms with Gasteiger partial charge in [-0.05, 0) is 19.8 Å². The summed E-state index contributed by atoms with van der Waals surface area (Å²) in [6.45, 7) is 6.36. The Bertz CT molecular complexity index is 666. The first-order valence-corrected chi connectivity index (χ1v) is 10.3. The number of hydrogen-bond donors (Lipinski definition) is 1. The van der Waals surface area contributed by atoms with Crippen LogP contribution in [-0.2, 0) is 16.0 Å². The highest BCUT2D eigenvalue weighted by atomic mass is 16.5. The number of rotatable bonds is 7. The molecule has 2 saturated heterocycles. The zero-order valence-electron chi connectivity index (χ0n) is 17.9. The van der Waals surface area contributed by atoms with Crippen LogP contribution >= 0.6 is 0 Å². The molecular formula is C21H33N3O5. The molecule has 3 rings (SSSR count). The van der Waals surface area contributed by atoms with Crippen LogP contribution in [0.1, 0.15) is 25.3 Å². The third kappa shape index (κ3) is 5.25. The van der Waals surface area contributed by atoms with E-state index in [0.717, 1.165) is 50.6 Å². The van der Waals surface area contributed by atoms with E-state index in [1.807, 2.05) is 12.1 Å². The highest BCUT2D eigenvalue weighted by Gasteiger charge is 2.32. The molecule has 2 heterocycles. The molecule has 8 heteroatoms. The Kier molecular flexibility index (Phi) is 7.83. The molecule has 2 unspecified atom stereocenters. The summed E-state index contributed by atoms with van der Waals surface area (Å²) in [6, 6.07) is 3.70. The average molecular weight is 408 g/mol. The molecule has 29 heavy (non-hydrogen) atoms. The van der Waals surface area contributed by atoms with E-state index >= 15 is 0 Å². The summed E-state index contributed by atoms with van der Waals surface area (Å²) >= 11 is 0. The van der Waals surface area contributed by atoms with Gasteiger partial charge in [-0.15, -0.1) is 0 Å². The second kappa shape index (κ2) is 10.5. The van der Waals surface area contributed by atoms with Crippen LogP contribution in [-0.4, -0.2) is 77.2 Å². The summed E-state index contributed by atoms with van der Waals surface area (Å²) in [5.41, 5.74) is 0.884. The van der Waals surface area contributed by atoms with Gasteiger partial charge in [0.2, 0.25) is 0 Å². The molecular weight excluding hydrogens is 374 g/mol. The summed E-state index contributed by atoms with van der Waals surface area (Å²) in [6.07, 6.45) is 2.44. The monoisotopic (exact) mass is 407 g/mol. The topological polar surface area (TPSA) is 73.8 Å². The maximum absolute atomic E-state index is 5.98. The second-order valence-corrected chi connectivity index (χ2v) is 7.09. The Morgan fingerprint density at radius 1 is 1.10 bits per heavy atom. The summed E-state index contributed by atoms with van der Waals surface area (Å²) in [5.74, 6) is 2.93. The molecule has 0 aromatic heterocycles. The number of hydrogen-bond acceptors (Lipinski definition) is 6. The molecule has 0 saturated carbocycles. The van der Waals surface area contributed by atoms with Crippen LogP contribution < -0.4 is 19.5 Å². The van der Waals surface area contributed by atoms with Crippen molar-refractivity contribution in [1.82, 2.24) is 10.2 Å². The first-order valence-electron chi connectivity index (χ1n) is 10.3. The molecule has 2 atom stereocenters. The minimum atomic E-state index is 0.0835. The van der Waals surface area contributed by atoms with Crippen molar-refractivity contribution in [3.05, 3.63) is 17.7 Å². The molecule has 162 valence electrons. The van der Waals surface area contributed by atoms with E-state index in [1.165, 1.54) is 0 Å². The van der Waals surface area contributed by atoms with Gasteiger partial charge in [0.15, 0.2) is 5.96 Å². The van der Waals surface area contributed by atoms with Crippen molar-refractivity contribution in [1.29, 1.82) is 0 Å². The number of guanidine groups is 1. The van der Waals surface area contributed by atoms with Gasteiger partial charge >= 0.3 is 0 Å². The van der Waals surface area contributed by atoms with Crippen LogP contribution in [0.4, 0.5) is 0 Å². The maximum Gasteiger partial charge on any atom is 0.194 e. The first kappa shape index (κ1) is 21.5. The summed E-state index contributed by atoms with van der Waals surface area (Å²) < 4.78 is 28.3. The number of nitrogens with one attached hydrogen (secondary N) is 1. The Morgan fingerprint density at radius 2 is 1.83 bits per heavy atom. The Hall–Kier alpha value is -2.19. The Labute approximate surface area is 173 Å². The lowest BCUT2D eigenvalue weighted by atomic mass is 10.1. The fraction of sp³-hybridized carbons (Fsp3) is 0.667. The Balaban J connectivity index is 1.78. The van der Waals surface area contributed by atoms with Crippen molar-refractivity contribution in [2.75, 3.05) is 54.2 Å². The molecule has 2 fully saturated rings. The lowest BCUT2D eigenvalue weighted by Gasteiger charge is -2.37. The van der Waals surface area contributed by atoms with Crippen LogP contribution in [0.2, 0.25) is 0 Å². The molecule has 0 aliphatic carbocycles. The number of nitrogens with zero attached hydrogens (tertiary/aromatic N) is 2. The fourth-order valence-electron chi connectivity index (χ4n) is 3.80. The molecule has 1 N–H and O–H groups in total. The SMILES string of the molecule is CCNC(=NCc1c(OC)cc(OC)cc1OC)N1CCOC(C2CCCO2)C1. The van der Waals surface area contributed by atoms with Gasteiger partial charge in [-0.3, -0.25) is 0 Å². The molecule has 0 bridgehead atoms.